The molecule has 0 bridgehead atoms. The molecule has 1 atom stereocenters. The maximum absolute atomic E-state index is 13.1. The molecule has 0 aromatic heterocycles. The van der Waals surface area contributed by atoms with Crippen molar-refractivity contribution in [2.45, 2.75) is 39.3 Å². The van der Waals surface area contributed by atoms with Crippen molar-refractivity contribution >= 4 is 17.6 Å². The number of hydrogen-bond acceptors (Lipinski definition) is 4. The average molecular weight is 282 g/mol. The third-order valence-electron chi connectivity index (χ3n) is 2.31. The zero-order valence-corrected chi connectivity index (χ0v) is 12.0. The smallest absolute Gasteiger partial charge is 0.339 e. The van der Waals surface area contributed by atoms with Crippen LogP contribution in [0.25, 0.3) is 0 Å². The predicted molar refractivity (Wildman–Crippen MR) is 73.6 cm³/mol. The summed E-state index contributed by atoms with van der Waals surface area (Å²) in [7, 11) is 0. The van der Waals surface area contributed by atoms with E-state index in [4.69, 9.17) is 10.5 Å². The lowest BCUT2D eigenvalue weighted by molar-refractivity contribution is -0.130. The molecule has 1 aromatic rings. The molecule has 20 heavy (non-hydrogen) atoms. The standard InChI is InChI=1S/C14H19FN2O3/c1-8(12(18)17-14(2,3)4)20-13(19)9-5-10(15)7-11(16)6-9/h5-8H,16H2,1-4H3,(H,17,18). The van der Waals surface area contributed by atoms with Crippen LogP contribution >= 0.6 is 0 Å². The van der Waals surface area contributed by atoms with Crippen LogP contribution in [0.4, 0.5) is 10.1 Å². The Hall–Kier alpha value is -2.11. The number of carbonyl (C=O) groups is 2. The third kappa shape index (κ3) is 4.87. The van der Waals surface area contributed by atoms with E-state index in [9.17, 15) is 14.0 Å². The van der Waals surface area contributed by atoms with Crippen LogP contribution < -0.4 is 11.1 Å². The fourth-order valence-electron chi connectivity index (χ4n) is 1.48. The molecule has 0 aliphatic rings. The van der Waals surface area contributed by atoms with Crippen molar-refractivity contribution in [1.29, 1.82) is 0 Å². The van der Waals surface area contributed by atoms with E-state index >= 15 is 0 Å². The molecule has 0 aliphatic heterocycles. The molecular formula is C14H19FN2O3. The molecule has 0 heterocycles. The monoisotopic (exact) mass is 282 g/mol. The fraction of sp³-hybridized carbons (Fsp3) is 0.429. The number of nitrogens with one attached hydrogen (secondary N) is 1. The van der Waals surface area contributed by atoms with E-state index in [1.165, 1.54) is 13.0 Å². The van der Waals surface area contributed by atoms with Crippen molar-refractivity contribution in [2.75, 3.05) is 5.73 Å². The van der Waals surface area contributed by atoms with Gasteiger partial charge in [0.05, 0.1) is 5.56 Å². The molecule has 0 saturated heterocycles. The van der Waals surface area contributed by atoms with E-state index < -0.39 is 29.3 Å². The summed E-state index contributed by atoms with van der Waals surface area (Å²) in [6, 6.07) is 3.39. The number of nitrogen functional groups attached to an aromatic ring is 1. The van der Waals surface area contributed by atoms with Gasteiger partial charge in [-0.05, 0) is 45.9 Å². The molecule has 110 valence electrons. The fourth-order valence-corrected chi connectivity index (χ4v) is 1.48. The molecule has 3 N–H and O–H groups in total. The highest BCUT2D eigenvalue weighted by Crippen LogP contribution is 2.13. The second-order valence-corrected chi connectivity index (χ2v) is 5.56. The van der Waals surface area contributed by atoms with Gasteiger partial charge in [-0.3, -0.25) is 4.79 Å². The van der Waals surface area contributed by atoms with E-state index in [0.717, 1.165) is 12.1 Å². The molecular weight excluding hydrogens is 263 g/mol. The Kier molecular flexibility index (Phi) is 4.70. The first-order valence-corrected chi connectivity index (χ1v) is 6.17. The van der Waals surface area contributed by atoms with E-state index in [0.29, 0.717) is 0 Å². The van der Waals surface area contributed by atoms with Crippen LogP contribution in [0.1, 0.15) is 38.1 Å². The van der Waals surface area contributed by atoms with Crippen LogP contribution in [0.2, 0.25) is 0 Å². The zero-order valence-electron chi connectivity index (χ0n) is 12.0. The summed E-state index contributed by atoms with van der Waals surface area (Å²) >= 11 is 0. The number of carbonyl (C=O) groups excluding carboxylic acids is 2. The molecule has 0 radical (unpaired) electrons. The zero-order chi connectivity index (χ0) is 15.5. The van der Waals surface area contributed by atoms with Crippen LogP contribution in [-0.2, 0) is 9.53 Å². The number of nitrogens with two attached hydrogens (primary N) is 1. The van der Waals surface area contributed by atoms with E-state index in [1.807, 2.05) is 20.8 Å². The van der Waals surface area contributed by atoms with Gasteiger partial charge in [-0.2, -0.15) is 0 Å². The lowest BCUT2D eigenvalue weighted by atomic mass is 10.1. The number of amides is 1. The van der Waals surface area contributed by atoms with E-state index in [1.54, 1.807) is 0 Å². The summed E-state index contributed by atoms with van der Waals surface area (Å²) in [4.78, 5) is 23.6. The minimum atomic E-state index is -0.980. The predicted octanol–water partition coefficient (Wildman–Crippen LogP) is 1.87. The quantitative estimate of drug-likeness (QED) is 0.655. The highest BCUT2D eigenvalue weighted by Gasteiger charge is 2.23. The van der Waals surface area contributed by atoms with E-state index in [-0.39, 0.29) is 11.3 Å². The molecule has 1 amide bonds. The van der Waals surface area contributed by atoms with Crippen LogP contribution in [-0.4, -0.2) is 23.5 Å². The van der Waals surface area contributed by atoms with Crippen molar-refractivity contribution in [3.63, 3.8) is 0 Å². The van der Waals surface area contributed by atoms with Crippen molar-refractivity contribution in [3.8, 4) is 0 Å². The summed E-state index contributed by atoms with van der Waals surface area (Å²) in [5.74, 6) is -1.85. The van der Waals surface area contributed by atoms with Gasteiger partial charge in [0.15, 0.2) is 6.10 Å². The van der Waals surface area contributed by atoms with Crippen LogP contribution in [0.15, 0.2) is 18.2 Å². The Bertz CT molecular complexity index is 503. The second kappa shape index (κ2) is 5.90. The van der Waals surface area contributed by atoms with Gasteiger partial charge in [-0.15, -0.1) is 0 Å². The normalized spacial score (nSPS) is 12.7. The van der Waals surface area contributed by atoms with Crippen molar-refractivity contribution in [3.05, 3.63) is 29.6 Å². The lowest BCUT2D eigenvalue weighted by Gasteiger charge is -2.23. The minimum absolute atomic E-state index is 0.0297. The van der Waals surface area contributed by atoms with Crippen molar-refractivity contribution in [1.82, 2.24) is 5.32 Å². The first-order valence-electron chi connectivity index (χ1n) is 6.17. The maximum atomic E-state index is 13.1. The summed E-state index contributed by atoms with van der Waals surface area (Å²) in [5, 5.41) is 2.68. The summed E-state index contributed by atoms with van der Waals surface area (Å²) in [6.45, 7) is 6.88. The second-order valence-electron chi connectivity index (χ2n) is 5.56. The van der Waals surface area contributed by atoms with Gasteiger partial charge >= 0.3 is 5.97 Å². The van der Waals surface area contributed by atoms with Gasteiger partial charge in [0.25, 0.3) is 5.91 Å². The molecule has 1 unspecified atom stereocenters. The van der Waals surface area contributed by atoms with Crippen LogP contribution in [0.3, 0.4) is 0 Å². The SMILES string of the molecule is CC(OC(=O)c1cc(N)cc(F)c1)C(=O)NC(C)(C)C. The number of benzene rings is 1. The largest absolute Gasteiger partial charge is 0.449 e. The Morgan fingerprint density at radius 3 is 2.40 bits per heavy atom. The van der Waals surface area contributed by atoms with Crippen molar-refractivity contribution in [2.24, 2.45) is 0 Å². The molecule has 6 heteroatoms. The van der Waals surface area contributed by atoms with E-state index in [2.05, 4.69) is 5.32 Å². The van der Waals surface area contributed by atoms with Gasteiger partial charge < -0.3 is 15.8 Å². The summed E-state index contributed by atoms with van der Waals surface area (Å²) in [5.41, 5.74) is 5.10. The Labute approximate surface area is 117 Å². The summed E-state index contributed by atoms with van der Waals surface area (Å²) in [6.07, 6.45) is -0.980. The molecule has 0 spiro atoms. The lowest BCUT2D eigenvalue weighted by Crippen LogP contribution is -2.46. The minimum Gasteiger partial charge on any atom is -0.449 e. The number of anilines is 1. The number of rotatable bonds is 3. The molecule has 1 rings (SSSR count). The number of halogens is 1. The molecule has 0 aliphatic carbocycles. The van der Waals surface area contributed by atoms with Crippen LogP contribution in [0, 0.1) is 5.82 Å². The average Bonchev–Trinajstić information content (AvgIpc) is 2.25. The van der Waals surface area contributed by atoms with Gasteiger partial charge in [0.2, 0.25) is 0 Å². The Balaban J connectivity index is 2.72. The highest BCUT2D eigenvalue weighted by atomic mass is 19.1. The first-order chi connectivity index (χ1) is 9.08. The third-order valence-corrected chi connectivity index (χ3v) is 2.31. The molecule has 0 saturated carbocycles. The van der Waals surface area contributed by atoms with Crippen LogP contribution in [0.5, 0.6) is 0 Å². The topological polar surface area (TPSA) is 81.4 Å². The van der Waals surface area contributed by atoms with Gasteiger partial charge in [0, 0.05) is 11.2 Å². The Morgan fingerprint density at radius 2 is 1.90 bits per heavy atom. The Morgan fingerprint density at radius 1 is 1.30 bits per heavy atom. The molecule has 1 aromatic carbocycles. The number of esters is 1. The molecule has 5 nitrogen and oxygen atoms in total. The van der Waals surface area contributed by atoms with Gasteiger partial charge in [-0.1, -0.05) is 0 Å². The number of ether oxygens (including phenoxy) is 1. The summed E-state index contributed by atoms with van der Waals surface area (Å²) < 4.78 is 18.1. The highest BCUT2D eigenvalue weighted by molar-refractivity contribution is 5.93. The first kappa shape index (κ1) is 15.9. The van der Waals surface area contributed by atoms with Gasteiger partial charge in [0.1, 0.15) is 5.82 Å². The van der Waals surface area contributed by atoms with Crippen molar-refractivity contribution < 1.29 is 18.7 Å². The molecule has 0 fully saturated rings. The number of hydrogen-bond donors (Lipinski definition) is 2. The van der Waals surface area contributed by atoms with Gasteiger partial charge in [-0.25, -0.2) is 9.18 Å². The maximum Gasteiger partial charge on any atom is 0.339 e.